The molecule has 0 N–H and O–H groups in total. The van der Waals surface area contributed by atoms with Gasteiger partial charge in [0.05, 0.1) is 0 Å². The monoisotopic (exact) mass is 342 g/mol. The Morgan fingerprint density at radius 3 is 2.58 bits per heavy atom. The Bertz CT molecular complexity index is 851. The SMILES string of the molecule is CCN(Cc1ccccc1)C(=O)c1sc2nnc(C(C)C)n2c1C. The highest BCUT2D eigenvalue weighted by atomic mass is 32.1. The van der Waals surface area contributed by atoms with Crippen LogP contribution in [-0.4, -0.2) is 31.9 Å². The molecule has 2 aromatic heterocycles. The first-order valence-corrected chi connectivity index (χ1v) is 9.02. The van der Waals surface area contributed by atoms with Crippen molar-refractivity contribution in [2.75, 3.05) is 6.54 Å². The Morgan fingerprint density at radius 2 is 1.96 bits per heavy atom. The number of aryl methyl sites for hydroxylation is 1. The molecule has 0 aliphatic rings. The van der Waals surface area contributed by atoms with E-state index in [9.17, 15) is 4.79 Å². The van der Waals surface area contributed by atoms with Crippen LogP contribution < -0.4 is 0 Å². The first-order chi connectivity index (χ1) is 11.5. The van der Waals surface area contributed by atoms with E-state index in [1.807, 2.05) is 53.5 Å². The van der Waals surface area contributed by atoms with Crippen LogP contribution in [0.3, 0.4) is 0 Å². The van der Waals surface area contributed by atoms with Crippen molar-refractivity contribution >= 4 is 22.2 Å². The fraction of sp³-hybridized carbons (Fsp3) is 0.389. The number of amides is 1. The van der Waals surface area contributed by atoms with Crippen molar-refractivity contribution in [3.63, 3.8) is 0 Å². The standard InChI is InChI=1S/C18H22N4OS/c1-5-21(11-14-9-7-6-8-10-14)17(23)15-13(4)22-16(12(2)3)19-20-18(22)24-15/h6-10,12H,5,11H2,1-4H3. The van der Waals surface area contributed by atoms with Crippen LogP contribution in [0.1, 0.15) is 53.4 Å². The Balaban J connectivity index is 1.93. The van der Waals surface area contributed by atoms with Crippen molar-refractivity contribution in [2.45, 2.75) is 40.2 Å². The lowest BCUT2D eigenvalue weighted by molar-refractivity contribution is 0.0756. The molecule has 2 heterocycles. The van der Waals surface area contributed by atoms with Gasteiger partial charge >= 0.3 is 0 Å². The maximum Gasteiger partial charge on any atom is 0.266 e. The van der Waals surface area contributed by atoms with Crippen LogP contribution in [0.4, 0.5) is 0 Å². The molecule has 0 aliphatic heterocycles. The summed E-state index contributed by atoms with van der Waals surface area (Å²) in [5, 5.41) is 8.48. The molecule has 5 nitrogen and oxygen atoms in total. The van der Waals surface area contributed by atoms with Crippen molar-refractivity contribution < 1.29 is 4.79 Å². The number of hydrogen-bond acceptors (Lipinski definition) is 4. The summed E-state index contributed by atoms with van der Waals surface area (Å²) in [6.07, 6.45) is 0. The number of rotatable bonds is 5. The van der Waals surface area contributed by atoms with E-state index in [0.29, 0.717) is 13.1 Å². The molecule has 0 saturated carbocycles. The third-order valence-electron chi connectivity index (χ3n) is 4.11. The number of aromatic nitrogens is 3. The zero-order chi connectivity index (χ0) is 17.3. The van der Waals surface area contributed by atoms with E-state index in [2.05, 4.69) is 24.0 Å². The minimum Gasteiger partial charge on any atom is -0.334 e. The zero-order valence-electron chi connectivity index (χ0n) is 14.5. The van der Waals surface area contributed by atoms with Crippen LogP contribution >= 0.6 is 11.3 Å². The number of hydrogen-bond donors (Lipinski definition) is 0. The van der Waals surface area contributed by atoms with E-state index in [1.54, 1.807) is 0 Å². The van der Waals surface area contributed by atoms with Crippen LogP contribution in [0.25, 0.3) is 4.96 Å². The van der Waals surface area contributed by atoms with Crippen molar-refractivity contribution in [3.05, 3.63) is 52.3 Å². The average Bonchev–Trinajstić information content (AvgIpc) is 3.13. The number of benzene rings is 1. The van der Waals surface area contributed by atoms with E-state index in [-0.39, 0.29) is 11.8 Å². The molecule has 1 aromatic carbocycles. The second-order valence-corrected chi connectivity index (χ2v) is 7.13. The fourth-order valence-electron chi connectivity index (χ4n) is 2.78. The van der Waals surface area contributed by atoms with Crippen LogP contribution in [0.5, 0.6) is 0 Å². The van der Waals surface area contributed by atoms with Gasteiger partial charge in [-0.1, -0.05) is 55.5 Å². The predicted molar refractivity (Wildman–Crippen MR) is 96.5 cm³/mol. The van der Waals surface area contributed by atoms with Crippen LogP contribution in [0.15, 0.2) is 30.3 Å². The summed E-state index contributed by atoms with van der Waals surface area (Å²) in [4.78, 5) is 16.4. The Morgan fingerprint density at radius 1 is 1.25 bits per heavy atom. The Hall–Kier alpha value is -2.21. The van der Waals surface area contributed by atoms with E-state index in [0.717, 1.165) is 26.9 Å². The summed E-state index contributed by atoms with van der Waals surface area (Å²) in [7, 11) is 0. The summed E-state index contributed by atoms with van der Waals surface area (Å²) in [6.45, 7) is 9.44. The lowest BCUT2D eigenvalue weighted by Gasteiger charge is -2.20. The van der Waals surface area contributed by atoms with Gasteiger partial charge in [0.1, 0.15) is 10.7 Å². The molecule has 0 radical (unpaired) electrons. The second kappa shape index (κ2) is 6.73. The Kier molecular flexibility index (Phi) is 4.66. The molecule has 3 rings (SSSR count). The number of thiazole rings is 1. The summed E-state index contributed by atoms with van der Waals surface area (Å²) < 4.78 is 2.01. The number of nitrogens with zero attached hydrogens (tertiary/aromatic N) is 4. The quantitative estimate of drug-likeness (QED) is 0.707. The summed E-state index contributed by atoms with van der Waals surface area (Å²) in [5.41, 5.74) is 2.07. The van der Waals surface area contributed by atoms with Gasteiger partial charge in [0.15, 0.2) is 0 Å². The van der Waals surface area contributed by atoms with Gasteiger partial charge in [0.2, 0.25) is 4.96 Å². The number of fused-ring (bicyclic) bond motifs is 1. The molecular weight excluding hydrogens is 320 g/mol. The summed E-state index contributed by atoms with van der Waals surface area (Å²) >= 11 is 1.42. The molecule has 0 bridgehead atoms. The average molecular weight is 342 g/mol. The normalized spacial score (nSPS) is 11.4. The molecule has 24 heavy (non-hydrogen) atoms. The molecule has 0 spiro atoms. The van der Waals surface area contributed by atoms with Gasteiger partial charge in [0.25, 0.3) is 5.91 Å². The molecule has 0 atom stereocenters. The predicted octanol–water partition coefficient (Wildman–Crippen LogP) is 3.88. The van der Waals surface area contributed by atoms with Gasteiger partial charge < -0.3 is 4.90 Å². The second-order valence-electron chi connectivity index (χ2n) is 6.15. The first-order valence-electron chi connectivity index (χ1n) is 8.20. The van der Waals surface area contributed by atoms with Gasteiger partial charge in [-0.3, -0.25) is 9.20 Å². The topological polar surface area (TPSA) is 50.5 Å². The fourth-order valence-corrected chi connectivity index (χ4v) is 3.82. The van der Waals surface area contributed by atoms with E-state index in [1.165, 1.54) is 11.3 Å². The van der Waals surface area contributed by atoms with Crippen LogP contribution in [0.2, 0.25) is 0 Å². The molecule has 0 aliphatic carbocycles. The van der Waals surface area contributed by atoms with Crippen molar-refractivity contribution in [3.8, 4) is 0 Å². The third kappa shape index (κ3) is 2.94. The van der Waals surface area contributed by atoms with Crippen molar-refractivity contribution in [1.82, 2.24) is 19.5 Å². The summed E-state index contributed by atoms with van der Waals surface area (Å²) in [6, 6.07) is 10.1. The van der Waals surface area contributed by atoms with Crippen LogP contribution in [0, 0.1) is 6.92 Å². The number of carbonyl (C=O) groups is 1. The molecule has 6 heteroatoms. The highest BCUT2D eigenvalue weighted by Gasteiger charge is 2.24. The molecule has 3 aromatic rings. The van der Waals surface area contributed by atoms with Gasteiger partial charge in [-0.25, -0.2) is 0 Å². The molecule has 0 fully saturated rings. The molecule has 0 unspecified atom stereocenters. The van der Waals surface area contributed by atoms with Gasteiger partial charge in [-0.05, 0) is 19.4 Å². The lowest BCUT2D eigenvalue weighted by atomic mass is 10.2. The smallest absolute Gasteiger partial charge is 0.266 e. The number of carbonyl (C=O) groups excluding carboxylic acids is 1. The molecular formula is C18H22N4OS. The maximum absolute atomic E-state index is 13.0. The minimum atomic E-state index is 0.0593. The third-order valence-corrected chi connectivity index (χ3v) is 5.23. The van der Waals surface area contributed by atoms with Gasteiger partial charge in [0, 0.05) is 24.7 Å². The zero-order valence-corrected chi connectivity index (χ0v) is 15.3. The van der Waals surface area contributed by atoms with Gasteiger partial charge in [-0.2, -0.15) is 0 Å². The van der Waals surface area contributed by atoms with Crippen molar-refractivity contribution in [1.29, 1.82) is 0 Å². The molecule has 1 amide bonds. The van der Waals surface area contributed by atoms with E-state index >= 15 is 0 Å². The lowest BCUT2D eigenvalue weighted by Crippen LogP contribution is -2.30. The first kappa shape index (κ1) is 16.6. The maximum atomic E-state index is 13.0. The van der Waals surface area contributed by atoms with Crippen molar-refractivity contribution in [2.24, 2.45) is 0 Å². The molecule has 0 saturated heterocycles. The summed E-state index contributed by atoms with van der Waals surface area (Å²) in [5.74, 6) is 1.23. The van der Waals surface area contributed by atoms with E-state index < -0.39 is 0 Å². The molecule has 126 valence electrons. The van der Waals surface area contributed by atoms with E-state index in [4.69, 9.17) is 0 Å². The highest BCUT2D eigenvalue weighted by molar-refractivity contribution is 7.19. The van der Waals surface area contributed by atoms with Crippen LogP contribution in [-0.2, 0) is 6.54 Å². The Labute approximate surface area is 145 Å². The highest BCUT2D eigenvalue weighted by Crippen LogP contribution is 2.27. The minimum absolute atomic E-state index is 0.0593. The van der Waals surface area contributed by atoms with Gasteiger partial charge in [-0.15, -0.1) is 10.2 Å². The largest absolute Gasteiger partial charge is 0.334 e.